The van der Waals surface area contributed by atoms with E-state index in [-0.39, 0.29) is 17.4 Å². The largest absolute Gasteiger partial charge is 0.478 e. The summed E-state index contributed by atoms with van der Waals surface area (Å²) in [5.41, 5.74) is 2.35. The van der Waals surface area contributed by atoms with Crippen molar-refractivity contribution in [2.24, 2.45) is 5.92 Å². The molecule has 1 amide bonds. The molecule has 0 bridgehead atoms. The molecule has 0 saturated heterocycles. The highest BCUT2D eigenvalue weighted by molar-refractivity contribution is 5.88. The summed E-state index contributed by atoms with van der Waals surface area (Å²) >= 11 is 0. The van der Waals surface area contributed by atoms with Gasteiger partial charge in [0.25, 0.3) is 0 Å². The first-order valence-electron chi connectivity index (χ1n) is 7.13. The summed E-state index contributed by atoms with van der Waals surface area (Å²) in [5.74, 6) is -0.643. The zero-order chi connectivity index (χ0) is 15.4. The Hall–Kier alpha value is -1.88. The maximum absolute atomic E-state index is 12.3. The fourth-order valence-electron chi connectivity index (χ4n) is 2.67. The number of hydrogen-bond donors (Lipinski definition) is 1. The van der Waals surface area contributed by atoms with Crippen LogP contribution in [0.2, 0.25) is 0 Å². The number of benzene rings is 1. The summed E-state index contributed by atoms with van der Waals surface area (Å²) in [5, 5.41) is 9.05. The van der Waals surface area contributed by atoms with E-state index in [9.17, 15) is 9.59 Å². The molecule has 1 aliphatic rings. The average molecular weight is 291 g/mol. The highest BCUT2D eigenvalue weighted by Gasteiger charge is 2.22. The van der Waals surface area contributed by atoms with Crippen LogP contribution in [0.5, 0.6) is 0 Å². The summed E-state index contributed by atoms with van der Waals surface area (Å²) in [7, 11) is 1.63. The minimum atomic E-state index is -0.935. The normalized spacial score (nSPS) is 15.4. The van der Waals surface area contributed by atoms with Crippen LogP contribution in [-0.4, -0.2) is 42.1 Å². The molecule has 1 N–H and O–H groups in total. The van der Waals surface area contributed by atoms with E-state index < -0.39 is 5.97 Å². The molecule has 5 heteroatoms. The standard InChI is InChI=1S/C16H21NO4/c1-11(10-21-2)7-15(18)17-6-5-12-3-4-13(16(19)20)8-14(12)9-17/h3-4,8,11H,5-7,9-10H2,1-2H3,(H,19,20). The van der Waals surface area contributed by atoms with Crippen LogP contribution in [0.4, 0.5) is 0 Å². The number of aromatic carboxylic acids is 1. The van der Waals surface area contributed by atoms with E-state index in [0.717, 1.165) is 17.5 Å². The number of nitrogens with zero attached hydrogens (tertiary/aromatic N) is 1. The maximum atomic E-state index is 12.3. The molecule has 0 saturated carbocycles. The number of carboxylic acid groups (broad SMARTS) is 1. The van der Waals surface area contributed by atoms with E-state index in [0.29, 0.717) is 26.1 Å². The third-order valence-electron chi connectivity index (χ3n) is 3.79. The Morgan fingerprint density at radius 2 is 2.14 bits per heavy atom. The van der Waals surface area contributed by atoms with Gasteiger partial charge in [-0.1, -0.05) is 13.0 Å². The number of fused-ring (bicyclic) bond motifs is 1. The zero-order valence-electron chi connectivity index (χ0n) is 12.5. The minimum absolute atomic E-state index is 0.103. The van der Waals surface area contributed by atoms with Crippen LogP contribution in [0.3, 0.4) is 0 Å². The maximum Gasteiger partial charge on any atom is 0.335 e. The number of hydrogen-bond acceptors (Lipinski definition) is 3. The third kappa shape index (κ3) is 3.82. The summed E-state index contributed by atoms with van der Waals surface area (Å²) in [4.78, 5) is 25.1. The van der Waals surface area contributed by atoms with Crippen molar-refractivity contribution in [2.45, 2.75) is 26.3 Å². The Kier molecular flexibility index (Phi) is 4.96. The molecule has 1 heterocycles. The number of rotatable bonds is 5. The molecule has 1 atom stereocenters. The van der Waals surface area contributed by atoms with Crippen LogP contribution in [0.1, 0.15) is 34.8 Å². The molecular weight excluding hydrogens is 270 g/mol. The predicted molar refractivity (Wildman–Crippen MR) is 78.2 cm³/mol. The number of ether oxygens (including phenoxy) is 1. The Bertz CT molecular complexity index is 541. The number of carbonyl (C=O) groups excluding carboxylic acids is 1. The Balaban J connectivity index is 2.05. The number of amides is 1. The minimum Gasteiger partial charge on any atom is -0.478 e. The van der Waals surface area contributed by atoms with Crippen molar-refractivity contribution >= 4 is 11.9 Å². The first kappa shape index (κ1) is 15.5. The fraction of sp³-hybridized carbons (Fsp3) is 0.500. The molecule has 0 spiro atoms. The van der Waals surface area contributed by atoms with Crippen molar-refractivity contribution in [3.8, 4) is 0 Å². The first-order chi connectivity index (χ1) is 10.0. The Morgan fingerprint density at radius 1 is 1.38 bits per heavy atom. The molecule has 0 fully saturated rings. The van der Waals surface area contributed by atoms with Crippen molar-refractivity contribution in [1.29, 1.82) is 0 Å². The monoisotopic (exact) mass is 291 g/mol. The molecule has 0 radical (unpaired) electrons. The van der Waals surface area contributed by atoms with Gasteiger partial charge >= 0.3 is 5.97 Å². The van der Waals surface area contributed by atoms with Gasteiger partial charge in [-0.05, 0) is 35.6 Å². The summed E-state index contributed by atoms with van der Waals surface area (Å²) in [6, 6.07) is 5.16. The van der Waals surface area contributed by atoms with Crippen molar-refractivity contribution in [2.75, 3.05) is 20.3 Å². The molecule has 0 aromatic heterocycles. The predicted octanol–water partition coefficient (Wildman–Crippen LogP) is 1.94. The lowest BCUT2D eigenvalue weighted by molar-refractivity contribution is -0.133. The van der Waals surface area contributed by atoms with E-state index in [4.69, 9.17) is 9.84 Å². The van der Waals surface area contributed by atoms with E-state index in [1.807, 2.05) is 13.0 Å². The molecule has 1 aromatic carbocycles. The van der Waals surface area contributed by atoms with E-state index in [1.165, 1.54) is 0 Å². The van der Waals surface area contributed by atoms with Crippen LogP contribution < -0.4 is 0 Å². The molecule has 1 aliphatic heterocycles. The lowest BCUT2D eigenvalue weighted by Gasteiger charge is -2.30. The van der Waals surface area contributed by atoms with Crippen LogP contribution >= 0.6 is 0 Å². The van der Waals surface area contributed by atoms with Crippen molar-refractivity contribution < 1.29 is 19.4 Å². The van der Waals surface area contributed by atoms with Crippen LogP contribution in [0.15, 0.2) is 18.2 Å². The zero-order valence-corrected chi connectivity index (χ0v) is 12.5. The summed E-state index contributed by atoms with van der Waals surface area (Å²) < 4.78 is 5.05. The van der Waals surface area contributed by atoms with Crippen molar-refractivity contribution in [3.05, 3.63) is 34.9 Å². The van der Waals surface area contributed by atoms with Gasteiger partial charge in [0.05, 0.1) is 5.56 Å². The molecule has 1 aromatic rings. The average Bonchev–Trinajstić information content (AvgIpc) is 2.46. The number of carboxylic acids is 1. The Morgan fingerprint density at radius 3 is 2.81 bits per heavy atom. The second-order valence-electron chi connectivity index (χ2n) is 5.62. The lowest BCUT2D eigenvalue weighted by Crippen LogP contribution is -2.37. The molecular formula is C16H21NO4. The van der Waals surface area contributed by atoms with Gasteiger partial charge in [0, 0.05) is 33.2 Å². The summed E-state index contributed by atoms with van der Waals surface area (Å²) in [6.45, 7) is 3.74. The second-order valence-corrected chi connectivity index (χ2v) is 5.62. The fourth-order valence-corrected chi connectivity index (χ4v) is 2.67. The van der Waals surface area contributed by atoms with E-state index >= 15 is 0 Å². The number of methoxy groups -OCH3 is 1. The Labute approximate surface area is 124 Å². The van der Waals surface area contributed by atoms with Gasteiger partial charge in [0.1, 0.15) is 0 Å². The molecule has 2 rings (SSSR count). The first-order valence-corrected chi connectivity index (χ1v) is 7.13. The van der Waals surface area contributed by atoms with Crippen LogP contribution in [0, 0.1) is 5.92 Å². The molecule has 21 heavy (non-hydrogen) atoms. The molecule has 5 nitrogen and oxygen atoms in total. The highest BCUT2D eigenvalue weighted by atomic mass is 16.5. The van der Waals surface area contributed by atoms with Gasteiger partial charge in [-0.3, -0.25) is 4.79 Å². The molecule has 1 unspecified atom stereocenters. The third-order valence-corrected chi connectivity index (χ3v) is 3.79. The molecule has 0 aliphatic carbocycles. The SMILES string of the molecule is COCC(C)CC(=O)N1CCc2ccc(C(=O)O)cc2C1. The van der Waals surface area contributed by atoms with Gasteiger partial charge < -0.3 is 14.7 Å². The van der Waals surface area contributed by atoms with Crippen molar-refractivity contribution in [1.82, 2.24) is 4.90 Å². The van der Waals surface area contributed by atoms with Crippen LogP contribution in [-0.2, 0) is 22.5 Å². The second kappa shape index (κ2) is 6.72. The van der Waals surface area contributed by atoms with Crippen LogP contribution in [0.25, 0.3) is 0 Å². The molecule has 114 valence electrons. The quantitative estimate of drug-likeness (QED) is 0.900. The van der Waals surface area contributed by atoms with E-state index in [2.05, 4.69) is 0 Å². The van der Waals surface area contributed by atoms with Crippen molar-refractivity contribution in [3.63, 3.8) is 0 Å². The number of carbonyl (C=O) groups is 2. The lowest BCUT2D eigenvalue weighted by atomic mass is 9.96. The van der Waals surface area contributed by atoms with Gasteiger partial charge in [-0.2, -0.15) is 0 Å². The smallest absolute Gasteiger partial charge is 0.335 e. The van der Waals surface area contributed by atoms with Gasteiger partial charge in [-0.25, -0.2) is 4.79 Å². The van der Waals surface area contributed by atoms with E-state index in [1.54, 1.807) is 24.1 Å². The topological polar surface area (TPSA) is 66.8 Å². The highest BCUT2D eigenvalue weighted by Crippen LogP contribution is 2.21. The van der Waals surface area contributed by atoms with Gasteiger partial charge in [-0.15, -0.1) is 0 Å². The van der Waals surface area contributed by atoms with Gasteiger partial charge in [0.15, 0.2) is 0 Å². The summed E-state index contributed by atoms with van der Waals surface area (Å²) in [6.07, 6.45) is 1.24. The van der Waals surface area contributed by atoms with Gasteiger partial charge in [0.2, 0.25) is 5.91 Å².